The molecule has 98 valence electrons. The molecule has 5 heteroatoms. The second-order valence-electron chi connectivity index (χ2n) is 5.11. The van der Waals surface area contributed by atoms with Crippen molar-refractivity contribution in [2.45, 2.75) is 31.6 Å². The van der Waals surface area contributed by atoms with E-state index in [0.717, 1.165) is 30.8 Å². The first-order chi connectivity index (χ1) is 8.47. The normalized spacial score (nSPS) is 27.0. The zero-order valence-electron chi connectivity index (χ0n) is 10.1. The first-order valence-electron chi connectivity index (χ1n) is 6.16. The minimum Gasteiger partial charge on any atom is -0.363 e. The number of benzene rings is 1. The molecule has 1 aromatic carbocycles. The van der Waals surface area contributed by atoms with Gasteiger partial charge in [-0.25, -0.2) is 0 Å². The van der Waals surface area contributed by atoms with Gasteiger partial charge < -0.3 is 10.2 Å². The van der Waals surface area contributed by atoms with Crippen LogP contribution < -0.4 is 10.2 Å². The van der Waals surface area contributed by atoms with Gasteiger partial charge >= 0.3 is 6.18 Å². The molecule has 3 rings (SSSR count). The van der Waals surface area contributed by atoms with Crippen molar-refractivity contribution < 1.29 is 13.2 Å². The second-order valence-corrected chi connectivity index (χ2v) is 5.11. The fourth-order valence-corrected chi connectivity index (χ4v) is 3.03. The predicted molar refractivity (Wildman–Crippen MR) is 63.7 cm³/mol. The first kappa shape index (κ1) is 11.8. The minimum atomic E-state index is -4.26. The van der Waals surface area contributed by atoms with Crippen molar-refractivity contribution in [3.05, 3.63) is 29.3 Å². The van der Waals surface area contributed by atoms with Crippen LogP contribution in [-0.2, 0) is 12.6 Å². The van der Waals surface area contributed by atoms with Crippen LogP contribution in [0.15, 0.2) is 18.2 Å². The van der Waals surface area contributed by atoms with E-state index in [2.05, 4.69) is 17.1 Å². The van der Waals surface area contributed by atoms with Gasteiger partial charge in [-0.2, -0.15) is 13.2 Å². The van der Waals surface area contributed by atoms with E-state index >= 15 is 0 Å². The Kier molecular flexibility index (Phi) is 2.55. The molecule has 0 amide bonds. The fraction of sp³-hybridized carbons (Fsp3) is 0.538. The molecule has 2 heterocycles. The molecule has 0 saturated carbocycles. The Morgan fingerprint density at radius 1 is 1.28 bits per heavy atom. The molecular weight excluding hydrogens is 241 g/mol. The molecule has 0 aromatic heterocycles. The molecule has 0 bridgehead atoms. The Hall–Kier alpha value is -1.23. The van der Waals surface area contributed by atoms with Gasteiger partial charge in [-0.1, -0.05) is 6.07 Å². The lowest BCUT2D eigenvalue weighted by Gasteiger charge is -2.38. The minimum absolute atomic E-state index is 0.244. The second kappa shape index (κ2) is 3.88. The summed E-state index contributed by atoms with van der Waals surface area (Å²) in [5, 5.41) is 3.32. The molecule has 0 spiro atoms. The van der Waals surface area contributed by atoms with E-state index in [1.807, 2.05) is 0 Å². The van der Waals surface area contributed by atoms with Crippen LogP contribution in [0.3, 0.4) is 0 Å². The highest BCUT2D eigenvalue weighted by molar-refractivity contribution is 5.62. The third-order valence-electron chi connectivity index (χ3n) is 3.83. The van der Waals surface area contributed by atoms with E-state index < -0.39 is 11.7 Å². The molecule has 2 unspecified atom stereocenters. The number of nitrogens with one attached hydrogen (secondary N) is 1. The Morgan fingerprint density at radius 3 is 2.78 bits per heavy atom. The number of hydrogen-bond acceptors (Lipinski definition) is 2. The summed E-state index contributed by atoms with van der Waals surface area (Å²) >= 11 is 0. The van der Waals surface area contributed by atoms with Crippen molar-refractivity contribution in [3.8, 4) is 0 Å². The molecule has 1 aromatic rings. The molecule has 18 heavy (non-hydrogen) atoms. The summed E-state index contributed by atoms with van der Waals surface area (Å²) in [7, 11) is 0. The van der Waals surface area contributed by atoms with Gasteiger partial charge in [0.05, 0.1) is 5.56 Å². The number of piperazine rings is 1. The third kappa shape index (κ3) is 1.77. The van der Waals surface area contributed by atoms with Crippen LogP contribution in [0, 0.1) is 0 Å². The van der Waals surface area contributed by atoms with E-state index in [9.17, 15) is 13.2 Å². The smallest absolute Gasteiger partial charge is 0.363 e. The van der Waals surface area contributed by atoms with Crippen LogP contribution in [0.2, 0.25) is 0 Å². The topological polar surface area (TPSA) is 15.3 Å². The zero-order chi connectivity index (χ0) is 12.9. The van der Waals surface area contributed by atoms with Gasteiger partial charge in [-0.15, -0.1) is 0 Å². The fourth-order valence-electron chi connectivity index (χ4n) is 3.03. The van der Waals surface area contributed by atoms with Gasteiger partial charge in [0.15, 0.2) is 0 Å². The summed E-state index contributed by atoms with van der Waals surface area (Å²) in [5.41, 5.74) is 1.25. The Balaban J connectivity index is 2.02. The number of hydrogen-bond donors (Lipinski definition) is 1. The van der Waals surface area contributed by atoms with E-state index in [1.54, 1.807) is 6.07 Å². The highest BCUT2D eigenvalue weighted by Gasteiger charge is 2.38. The van der Waals surface area contributed by atoms with E-state index in [-0.39, 0.29) is 6.04 Å². The average molecular weight is 256 g/mol. The maximum atomic E-state index is 12.7. The van der Waals surface area contributed by atoms with Crippen LogP contribution in [0.5, 0.6) is 0 Å². The predicted octanol–water partition coefficient (Wildman–Crippen LogP) is 2.43. The van der Waals surface area contributed by atoms with Crippen molar-refractivity contribution in [2.75, 3.05) is 18.0 Å². The van der Waals surface area contributed by atoms with Gasteiger partial charge in [-0.05, 0) is 31.0 Å². The average Bonchev–Trinajstić information content (AvgIpc) is 2.66. The highest BCUT2D eigenvalue weighted by Crippen LogP contribution is 2.39. The summed E-state index contributed by atoms with van der Waals surface area (Å²) in [5.74, 6) is 0. The van der Waals surface area contributed by atoms with E-state index in [0.29, 0.717) is 6.04 Å². The standard InChI is InChI=1S/C13H15F3N2/c1-8-6-17-7-11-4-9-2-3-10(13(14,15)16)5-12(9)18(8)11/h2-3,5,8,11,17H,4,6-7H2,1H3. The SMILES string of the molecule is CC1CNCC2Cc3ccc(C(F)(F)F)cc3N12. The molecule has 2 aliphatic heterocycles. The number of halogens is 3. The molecule has 1 saturated heterocycles. The number of nitrogens with zero attached hydrogens (tertiary/aromatic N) is 1. The van der Waals surface area contributed by atoms with Crippen LogP contribution in [-0.4, -0.2) is 25.2 Å². The van der Waals surface area contributed by atoms with Crippen molar-refractivity contribution in [2.24, 2.45) is 0 Å². The van der Waals surface area contributed by atoms with Crippen LogP contribution in [0.4, 0.5) is 18.9 Å². The molecule has 0 radical (unpaired) electrons. The van der Waals surface area contributed by atoms with Crippen molar-refractivity contribution in [3.63, 3.8) is 0 Å². The van der Waals surface area contributed by atoms with Crippen molar-refractivity contribution in [1.82, 2.24) is 5.32 Å². The lowest BCUT2D eigenvalue weighted by atomic mass is 10.1. The van der Waals surface area contributed by atoms with E-state index in [1.165, 1.54) is 12.1 Å². The monoisotopic (exact) mass is 256 g/mol. The Morgan fingerprint density at radius 2 is 2.06 bits per heavy atom. The summed E-state index contributed by atoms with van der Waals surface area (Å²) in [6, 6.07) is 4.66. The zero-order valence-corrected chi connectivity index (χ0v) is 10.1. The summed E-state index contributed by atoms with van der Waals surface area (Å²) < 4.78 is 38.2. The summed E-state index contributed by atoms with van der Waals surface area (Å²) in [6.07, 6.45) is -3.42. The molecule has 2 atom stereocenters. The van der Waals surface area contributed by atoms with E-state index in [4.69, 9.17) is 0 Å². The molecular formula is C13H15F3N2. The highest BCUT2D eigenvalue weighted by atomic mass is 19.4. The third-order valence-corrected chi connectivity index (χ3v) is 3.83. The van der Waals surface area contributed by atoms with Gasteiger partial charge in [0.25, 0.3) is 0 Å². The lowest BCUT2D eigenvalue weighted by Crippen LogP contribution is -2.54. The maximum absolute atomic E-state index is 12.7. The van der Waals surface area contributed by atoms with Crippen LogP contribution >= 0.6 is 0 Å². The largest absolute Gasteiger partial charge is 0.416 e. The molecule has 2 aliphatic rings. The number of rotatable bonds is 0. The molecule has 1 N–H and O–H groups in total. The summed E-state index contributed by atoms with van der Waals surface area (Å²) in [4.78, 5) is 2.14. The molecule has 2 nitrogen and oxygen atoms in total. The van der Waals surface area contributed by atoms with Crippen molar-refractivity contribution >= 4 is 5.69 Å². The Bertz CT molecular complexity index is 470. The first-order valence-corrected chi connectivity index (χ1v) is 6.16. The van der Waals surface area contributed by atoms with Gasteiger partial charge in [-0.3, -0.25) is 0 Å². The summed E-state index contributed by atoms with van der Waals surface area (Å²) in [6.45, 7) is 3.72. The van der Waals surface area contributed by atoms with Gasteiger partial charge in [0, 0.05) is 30.9 Å². The molecule has 0 aliphatic carbocycles. The molecule has 1 fully saturated rings. The van der Waals surface area contributed by atoms with Gasteiger partial charge in [0.2, 0.25) is 0 Å². The maximum Gasteiger partial charge on any atom is 0.416 e. The van der Waals surface area contributed by atoms with Crippen molar-refractivity contribution in [1.29, 1.82) is 0 Å². The Labute approximate surface area is 104 Å². The lowest BCUT2D eigenvalue weighted by molar-refractivity contribution is -0.137. The quantitative estimate of drug-likeness (QED) is 0.767. The number of alkyl halides is 3. The van der Waals surface area contributed by atoms with Crippen LogP contribution in [0.1, 0.15) is 18.1 Å². The number of fused-ring (bicyclic) bond motifs is 3. The van der Waals surface area contributed by atoms with Gasteiger partial charge in [0.1, 0.15) is 0 Å². The number of anilines is 1. The van der Waals surface area contributed by atoms with Crippen LogP contribution in [0.25, 0.3) is 0 Å².